The minimum absolute atomic E-state index is 0.0798. The van der Waals surface area contributed by atoms with E-state index in [2.05, 4.69) is 10.3 Å². The van der Waals surface area contributed by atoms with Crippen molar-refractivity contribution in [1.82, 2.24) is 0 Å². The molecule has 0 aromatic heterocycles. The molecule has 0 saturated heterocycles. The Morgan fingerprint density at radius 1 is 1.53 bits per heavy atom. The van der Waals surface area contributed by atoms with Gasteiger partial charge < -0.3 is 11.1 Å². The smallest absolute Gasteiger partial charge is 0.262 e. The summed E-state index contributed by atoms with van der Waals surface area (Å²) in [6.45, 7) is 0. The SMILES string of the molecule is CSc1ccccc1NC(=O)C[C@@H]1SC(N)=NC1=O. The molecule has 0 radical (unpaired) electrons. The third-order valence-corrected chi connectivity index (χ3v) is 4.29. The van der Waals surface area contributed by atoms with Gasteiger partial charge in [-0.3, -0.25) is 9.59 Å². The van der Waals surface area contributed by atoms with Crippen molar-refractivity contribution in [2.45, 2.75) is 16.6 Å². The van der Waals surface area contributed by atoms with Gasteiger partial charge in [0, 0.05) is 11.3 Å². The number of hydrogen-bond acceptors (Lipinski definition) is 5. The summed E-state index contributed by atoms with van der Waals surface area (Å²) in [6.07, 6.45) is 2.02. The average molecular weight is 295 g/mol. The van der Waals surface area contributed by atoms with E-state index in [9.17, 15) is 9.59 Å². The maximum absolute atomic E-state index is 11.9. The molecule has 1 aliphatic rings. The number of nitrogens with zero attached hydrogens (tertiary/aromatic N) is 1. The van der Waals surface area contributed by atoms with Crippen molar-refractivity contribution in [3.05, 3.63) is 24.3 Å². The number of rotatable bonds is 4. The first-order valence-electron chi connectivity index (χ1n) is 5.57. The van der Waals surface area contributed by atoms with Crippen molar-refractivity contribution in [2.24, 2.45) is 10.7 Å². The van der Waals surface area contributed by atoms with Crippen LogP contribution in [0.25, 0.3) is 0 Å². The number of thioether (sulfide) groups is 2. The summed E-state index contributed by atoms with van der Waals surface area (Å²) in [7, 11) is 0. The molecule has 0 bridgehead atoms. The van der Waals surface area contributed by atoms with Crippen LogP contribution in [-0.4, -0.2) is 28.5 Å². The number of nitrogens with one attached hydrogen (secondary N) is 1. The van der Waals surface area contributed by atoms with Crippen LogP contribution in [-0.2, 0) is 9.59 Å². The number of aliphatic imine (C=N–C) groups is 1. The highest BCUT2D eigenvalue weighted by atomic mass is 32.2. The topological polar surface area (TPSA) is 84.6 Å². The van der Waals surface area contributed by atoms with Gasteiger partial charge in [0.15, 0.2) is 5.17 Å². The number of anilines is 1. The molecule has 0 unspecified atom stereocenters. The molecule has 1 aliphatic heterocycles. The molecule has 0 fully saturated rings. The second-order valence-electron chi connectivity index (χ2n) is 3.85. The zero-order chi connectivity index (χ0) is 13.8. The summed E-state index contributed by atoms with van der Waals surface area (Å²) in [5.74, 6) is -0.548. The number of amides is 2. The maximum Gasteiger partial charge on any atom is 0.262 e. The van der Waals surface area contributed by atoms with Crippen molar-refractivity contribution in [1.29, 1.82) is 0 Å². The highest BCUT2D eigenvalue weighted by molar-refractivity contribution is 8.15. The van der Waals surface area contributed by atoms with Crippen LogP contribution in [0, 0.1) is 0 Å². The van der Waals surface area contributed by atoms with Gasteiger partial charge in [-0.05, 0) is 18.4 Å². The van der Waals surface area contributed by atoms with E-state index in [0.717, 1.165) is 22.3 Å². The predicted octanol–water partition coefficient (Wildman–Crippen LogP) is 1.69. The van der Waals surface area contributed by atoms with Gasteiger partial charge in [0.1, 0.15) is 5.25 Å². The molecule has 0 saturated carbocycles. The molecule has 0 spiro atoms. The summed E-state index contributed by atoms with van der Waals surface area (Å²) in [5, 5.41) is 2.54. The van der Waals surface area contributed by atoms with Gasteiger partial charge in [0.2, 0.25) is 5.91 Å². The molecule has 2 amide bonds. The number of carbonyl (C=O) groups excluding carboxylic acids is 2. The average Bonchev–Trinajstić information content (AvgIpc) is 2.68. The van der Waals surface area contributed by atoms with Crippen LogP contribution >= 0.6 is 23.5 Å². The van der Waals surface area contributed by atoms with Gasteiger partial charge in [-0.25, -0.2) is 0 Å². The lowest BCUT2D eigenvalue weighted by Crippen LogP contribution is -2.21. The van der Waals surface area contributed by atoms with Gasteiger partial charge in [-0.2, -0.15) is 4.99 Å². The van der Waals surface area contributed by atoms with E-state index >= 15 is 0 Å². The molecular weight excluding hydrogens is 282 g/mol. The maximum atomic E-state index is 11.9. The second kappa shape index (κ2) is 6.12. The van der Waals surface area contributed by atoms with Crippen LogP contribution in [0.1, 0.15) is 6.42 Å². The highest BCUT2D eigenvalue weighted by Crippen LogP contribution is 2.26. The Balaban J connectivity index is 1.97. The van der Waals surface area contributed by atoms with E-state index in [1.165, 1.54) is 0 Å². The lowest BCUT2D eigenvalue weighted by atomic mass is 10.2. The number of hydrogen-bond donors (Lipinski definition) is 2. The van der Waals surface area contributed by atoms with Crippen LogP contribution < -0.4 is 11.1 Å². The quantitative estimate of drug-likeness (QED) is 0.826. The number of benzene rings is 1. The monoisotopic (exact) mass is 295 g/mol. The largest absolute Gasteiger partial charge is 0.378 e. The molecule has 3 N–H and O–H groups in total. The molecular formula is C12H13N3O2S2. The van der Waals surface area contributed by atoms with E-state index in [1.807, 2.05) is 30.5 Å². The van der Waals surface area contributed by atoms with Crippen LogP contribution in [0.2, 0.25) is 0 Å². The third kappa shape index (κ3) is 3.51. The Labute approximate surface area is 119 Å². The van der Waals surface area contributed by atoms with Crippen molar-refractivity contribution in [3.63, 3.8) is 0 Å². The van der Waals surface area contributed by atoms with Crippen molar-refractivity contribution in [3.8, 4) is 0 Å². The van der Waals surface area contributed by atoms with E-state index in [-0.39, 0.29) is 23.4 Å². The Hall–Kier alpha value is -1.47. The van der Waals surface area contributed by atoms with Crippen LogP contribution in [0.3, 0.4) is 0 Å². The summed E-state index contributed by atoms with van der Waals surface area (Å²) in [4.78, 5) is 27.9. The standard InChI is InChI=1S/C12H13N3O2S2/c1-18-8-5-3-2-4-7(8)14-10(16)6-9-11(17)15-12(13)19-9/h2-5,9H,6H2,1H3,(H,14,16)(H2,13,15,17)/t9-/m0/s1. The first kappa shape index (κ1) is 14.0. The van der Waals surface area contributed by atoms with Crippen LogP contribution in [0.4, 0.5) is 5.69 Å². The minimum atomic E-state index is -0.499. The molecule has 1 heterocycles. The molecule has 0 aliphatic carbocycles. The summed E-state index contributed by atoms with van der Waals surface area (Å²) >= 11 is 2.69. The molecule has 2 rings (SSSR count). The Bertz CT molecular complexity index is 546. The fourth-order valence-corrected chi connectivity index (χ4v) is 3.03. The normalized spacial score (nSPS) is 18.3. The number of carbonyl (C=O) groups is 2. The highest BCUT2D eigenvalue weighted by Gasteiger charge is 2.29. The Morgan fingerprint density at radius 3 is 2.89 bits per heavy atom. The molecule has 100 valence electrons. The molecule has 1 aromatic rings. The minimum Gasteiger partial charge on any atom is -0.378 e. The van der Waals surface area contributed by atoms with Gasteiger partial charge >= 0.3 is 0 Å². The van der Waals surface area contributed by atoms with Crippen molar-refractivity contribution < 1.29 is 9.59 Å². The number of nitrogens with two attached hydrogens (primary N) is 1. The number of para-hydroxylation sites is 1. The molecule has 5 nitrogen and oxygen atoms in total. The molecule has 1 atom stereocenters. The Kier molecular flexibility index (Phi) is 4.49. The molecule has 7 heteroatoms. The van der Waals surface area contributed by atoms with E-state index in [4.69, 9.17) is 5.73 Å². The fraction of sp³-hybridized carbons (Fsp3) is 0.250. The fourth-order valence-electron chi connectivity index (χ4n) is 1.65. The zero-order valence-electron chi connectivity index (χ0n) is 10.3. The first-order chi connectivity index (χ1) is 9.10. The van der Waals surface area contributed by atoms with E-state index < -0.39 is 5.25 Å². The van der Waals surface area contributed by atoms with Crippen LogP contribution in [0.5, 0.6) is 0 Å². The van der Waals surface area contributed by atoms with E-state index in [1.54, 1.807) is 11.8 Å². The predicted molar refractivity (Wildman–Crippen MR) is 79.5 cm³/mol. The van der Waals surface area contributed by atoms with Gasteiger partial charge in [-0.15, -0.1) is 11.8 Å². The Morgan fingerprint density at radius 2 is 2.26 bits per heavy atom. The summed E-state index contributed by atoms with van der Waals surface area (Å²) < 4.78 is 0. The molecule has 19 heavy (non-hydrogen) atoms. The van der Waals surface area contributed by atoms with Gasteiger partial charge in [0.25, 0.3) is 5.91 Å². The summed E-state index contributed by atoms with van der Waals surface area (Å²) in [5.41, 5.74) is 6.20. The lowest BCUT2D eigenvalue weighted by molar-refractivity contribution is -0.121. The lowest BCUT2D eigenvalue weighted by Gasteiger charge is -2.10. The molecule has 1 aromatic carbocycles. The van der Waals surface area contributed by atoms with Crippen molar-refractivity contribution >= 4 is 46.2 Å². The second-order valence-corrected chi connectivity index (χ2v) is 5.92. The van der Waals surface area contributed by atoms with Crippen LogP contribution in [0.15, 0.2) is 34.2 Å². The van der Waals surface area contributed by atoms with Gasteiger partial charge in [-0.1, -0.05) is 23.9 Å². The third-order valence-electron chi connectivity index (χ3n) is 2.51. The summed E-state index contributed by atoms with van der Waals surface area (Å²) in [6, 6.07) is 7.52. The van der Waals surface area contributed by atoms with Crippen molar-refractivity contribution in [2.75, 3.05) is 11.6 Å². The van der Waals surface area contributed by atoms with Gasteiger partial charge in [0.05, 0.1) is 5.69 Å². The number of amidine groups is 1. The van der Waals surface area contributed by atoms with E-state index in [0.29, 0.717) is 0 Å². The zero-order valence-corrected chi connectivity index (χ0v) is 11.9. The first-order valence-corrected chi connectivity index (χ1v) is 7.68.